The van der Waals surface area contributed by atoms with Gasteiger partial charge in [-0.25, -0.2) is 0 Å². The van der Waals surface area contributed by atoms with Gasteiger partial charge in [-0.1, -0.05) is 30.3 Å². The van der Waals surface area contributed by atoms with Gasteiger partial charge in [0, 0.05) is 27.6 Å². The lowest BCUT2D eigenvalue weighted by atomic mass is 10.0. The number of benzene rings is 2. The van der Waals surface area contributed by atoms with Gasteiger partial charge in [-0.05, 0) is 36.8 Å². The first-order chi connectivity index (χ1) is 13.6. The van der Waals surface area contributed by atoms with E-state index in [2.05, 4.69) is 16.2 Å². The van der Waals surface area contributed by atoms with Crippen LogP contribution in [0.5, 0.6) is 11.5 Å². The molecule has 1 aliphatic heterocycles. The molecule has 6 nitrogen and oxygen atoms in total. The van der Waals surface area contributed by atoms with Gasteiger partial charge >= 0.3 is 0 Å². The van der Waals surface area contributed by atoms with Crippen LogP contribution in [0.1, 0.15) is 15.2 Å². The summed E-state index contributed by atoms with van der Waals surface area (Å²) in [5.74, 6) is 1.09. The zero-order chi connectivity index (χ0) is 19.5. The summed E-state index contributed by atoms with van der Waals surface area (Å²) in [6.45, 7) is 2.21. The van der Waals surface area contributed by atoms with Crippen molar-refractivity contribution < 1.29 is 14.3 Å². The van der Waals surface area contributed by atoms with Gasteiger partial charge in [0.1, 0.15) is 0 Å². The number of thiocarbonyl (C=S) groups is 1. The molecule has 0 saturated heterocycles. The average Bonchev–Trinajstić information content (AvgIpc) is 3.32. The highest BCUT2D eigenvalue weighted by molar-refractivity contribution is 7.80. The number of nitrogens with one attached hydrogen (secondary N) is 3. The zero-order valence-corrected chi connectivity index (χ0v) is 16.6. The zero-order valence-electron chi connectivity index (χ0n) is 14.9. The molecular weight excluding hydrogens is 394 g/mol. The number of thiophene rings is 1. The smallest absolute Gasteiger partial charge is 0.271 e. The lowest BCUT2D eigenvalue weighted by Gasteiger charge is -2.12. The Labute approximate surface area is 171 Å². The maximum atomic E-state index is 12.7. The number of carbonyl (C=O) groups is 1. The van der Waals surface area contributed by atoms with Crippen LogP contribution in [0.25, 0.3) is 11.1 Å². The molecule has 2 heterocycles. The summed E-state index contributed by atoms with van der Waals surface area (Å²) in [7, 11) is 0. The fraction of sp³-hybridized carbons (Fsp3) is 0.100. The standard InChI is InChI=1S/C20H17N3O3S2/c1-12-18(13-5-3-2-4-6-13)15(10-28-12)19(24)22-23-20(27)21-14-7-8-16-17(9-14)26-11-25-16/h2-10H,11H2,1H3,(H,22,24)(H2,21,23,27). The van der Waals surface area contributed by atoms with E-state index in [0.29, 0.717) is 17.1 Å². The lowest BCUT2D eigenvalue weighted by molar-refractivity contribution is 0.0945. The van der Waals surface area contributed by atoms with Gasteiger partial charge < -0.3 is 14.8 Å². The Morgan fingerprint density at radius 2 is 1.86 bits per heavy atom. The highest BCUT2D eigenvalue weighted by Gasteiger charge is 2.17. The van der Waals surface area contributed by atoms with Crippen molar-refractivity contribution in [3.05, 3.63) is 64.4 Å². The molecule has 0 radical (unpaired) electrons. The first kappa shape index (κ1) is 18.3. The Bertz CT molecular complexity index is 1030. The third-order valence-electron chi connectivity index (χ3n) is 4.20. The summed E-state index contributed by atoms with van der Waals surface area (Å²) in [6, 6.07) is 15.2. The van der Waals surface area contributed by atoms with Crippen molar-refractivity contribution in [3.63, 3.8) is 0 Å². The van der Waals surface area contributed by atoms with Crippen LogP contribution in [0, 0.1) is 6.92 Å². The Hall–Kier alpha value is -3.10. The minimum Gasteiger partial charge on any atom is -0.454 e. The molecule has 1 aliphatic rings. The molecule has 0 unspecified atom stereocenters. The van der Waals surface area contributed by atoms with E-state index in [1.807, 2.05) is 48.7 Å². The molecule has 0 fully saturated rings. The molecule has 28 heavy (non-hydrogen) atoms. The Morgan fingerprint density at radius 1 is 1.07 bits per heavy atom. The maximum absolute atomic E-state index is 12.7. The number of amides is 1. The summed E-state index contributed by atoms with van der Waals surface area (Å²) in [6.07, 6.45) is 0. The Balaban J connectivity index is 1.40. The molecule has 0 atom stereocenters. The Kier molecular flexibility index (Phi) is 5.14. The van der Waals surface area contributed by atoms with Gasteiger partial charge in [0.05, 0.1) is 5.56 Å². The molecule has 1 amide bonds. The molecule has 3 aromatic rings. The fourth-order valence-electron chi connectivity index (χ4n) is 2.90. The van der Waals surface area contributed by atoms with Crippen molar-refractivity contribution in [2.45, 2.75) is 6.92 Å². The number of carbonyl (C=O) groups excluding carboxylic acids is 1. The van der Waals surface area contributed by atoms with Crippen LogP contribution in [-0.2, 0) is 0 Å². The molecule has 0 spiro atoms. The van der Waals surface area contributed by atoms with Crippen LogP contribution in [0.15, 0.2) is 53.9 Å². The summed E-state index contributed by atoms with van der Waals surface area (Å²) >= 11 is 6.80. The van der Waals surface area contributed by atoms with Crippen molar-refractivity contribution in [3.8, 4) is 22.6 Å². The second kappa shape index (κ2) is 7.87. The van der Waals surface area contributed by atoms with Gasteiger partial charge in [0.15, 0.2) is 16.6 Å². The molecular formula is C20H17N3O3S2. The maximum Gasteiger partial charge on any atom is 0.271 e. The predicted molar refractivity (Wildman–Crippen MR) is 114 cm³/mol. The summed E-state index contributed by atoms with van der Waals surface area (Å²) in [5.41, 5.74) is 8.66. The number of rotatable bonds is 3. The monoisotopic (exact) mass is 411 g/mol. The molecule has 142 valence electrons. The fourth-order valence-corrected chi connectivity index (χ4v) is 3.94. The number of ether oxygens (including phenoxy) is 2. The molecule has 2 aromatic carbocycles. The van der Waals surface area contributed by atoms with E-state index >= 15 is 0 Å². The number of fused-ring (bicyclic) bond motifs is 1. The molecule has 0 bridgehead atoms. The van der Waals surface area contributed by atoms with Gasteiger partial charge in [-0.3, -0.25) is 15.6 Å². The molecule has 8 heteroatoms. The van der Waals surface area contributed by atoms with Crippen molar-refractivity contribution >= 4 is 40.3 Å². The minimum absolute atomic E-state index is 0.210. The topological polar surface area (TPSA) is 71.6 Å². The number of hydrogen-bond acceptors (Lipinski definition) is 5. The number of hydrazine groups is 1. The molecule has 0 aliphatic carbocycles. The first-order valence-corrected chi connectivity index (χ1v) is 9.81. The van der Waals surface area contributed by atoms with E-state index in [9.17, 15) is 4.79 Å². The minimum atomic E-state index is -0.252. The third kappa shape index (κ3) is 3.78. The van der Waals surface area contributed by atoms with Crippen molar-refractivity contribution in [2.24, 2.45) is 0 Å². The summed E-state index contributed by atoms with van der Waals surface area (Å²) in [5, 5.41) is 5.12. The van der Waals surface area contributed by atoms with Crippen LogP contribution in [0.2, 0.25) is 0 Å². The van der Waals surface area contributed by atoms with E-state index in [1.54, 1.807) is 12.1 Å². The SMILES string of the molecule is Cc1scc(C(=O)NNC(=S)Nc2ccc3c(c2)OCO3)c1-c1ccccc1. The lowest BCUT2D eigenvalue weighted by Crippen LogP contribution is -2.43. The molecule has 3 N–H and O–H groups in total. The summed E-state index contributed by atoms with van der Waals surface area (Å²) in [4.78, 5) is 13.8. The Morgan fingerprint density at radius 3 is 2.68 bits per heavy atom. The molecule has 1 aromatic heterocycles. The van der Waals surface area contributed by atoms with Crippen LogP contribution >= 0.6 is 23.6 Å². The van der Waals surface area contributed by atoms with Crippen LogP contribution in [-0.4, -0.2) is 17.8 Å². The summed E-state index contributed by atoms with van der Waals surface area (Å²) < 4.78 is 10.6. The highest BCUT2D eigenvalue weighted by Crippen LogP contribution is 2.34. The predicted octanol–water partition coefficient (Wildman–Crippen LogP) is 4.08. The van der Waals surface area contributed by atoms with Gasteiger partial charge in [-0.2, -0.15) is 0 Å². The normalized spacial score (nSPS) is 11.8. The highest BCUT2D eigenvalue weighted by atomic mass is 32.1. The molecule has 0 saturated carbocycles. The number of aryl methyl sites for hydroxylation is 1. The second-order valence-electron chi connectivity index (χ2n) is 6.05. The van der Waals surface area contributed by atoms with Crippen molar-refractivity contribution in [1.82, 2.24) is 10.9 Å². The van der Waals surface area contributed by atoms with Crippen molar-refractivity contribution in [2.75, 3.05) is 12.1 Å². The first-order valence-electron chi connectivity index (χ1n) is 8.52. The largest absolute Gasteiger partial charge is 0.454 e. The third-order valence-corrected chi connectivity index (χ3v) is 5.32. The van der Waals surface area contributed by atoms with E-state index in [1.165, 1.54) is 11.3 Å². The average molecular weight is 412 g/mol. The van der Waals surface area contributed by atoms with Gasteiger partial charge in [-0.15, -0.1) is 11.3 Å². The second-order valence-corrected chi connectivity index (χ2v) is 7.54. The van der Waals surface area contributed by atoms with Crippen LogP contribution in [0.3, 0.4) is 0 Å². The van der Waals surface area contributed by atoms with Crippen LogP contribution < -0.4 is 25.6 Å². The van der Waals surface area contributed by atoms with E-state index in [-0.39, 0.29) is 17.8 Å². The van der Waals surface area contributed by atoms with Crippen molar-refractivity contribution in [1.29, 1.82) is 0 Å². The van der Waals surface area contributed by atoms with Gasteiger partial charge in [0.25, 0.3) is 5.91 Å². The van der Waals surface area contributed by atoms with E-state index < -0.39 is 0 Å². The van der Waals surface area contributed by atoms with Crippen LogP contribution in [0.4, 0.5) is 5.69 Å². The van der Waals surface area contributed by atoms with Gasteiger partial charge in [0.2, 0.25) is 6.79 Å². The number of hydrogen-bond donors (Lipinski definition) is 3. The number of anilines is 1. The quantitative estimate of drug-likeness (QED) is 0.446. The van der Waals surface area contributed by atoms with E-state index in [4.69, 9.17) is 21.7 Å². The van der Waals surface area contributed by atoms with E-state index in [0.717, 1.165) is 21.7 Å². The molecule has 4 rings (SSSR count).